The number of halogens is 2. The van der Waals surface area contributed by atoms with Crippen molar-refractivity contribution in [2.75, 3.05) is 12.9 Å². The summed E-state index contributed by atoms with van der Waals surface area (Å²) in [6, 6.07) is -0.586. The molecule has 1 aliphatic carbocycles. The Hall–Kier alpha value is -1.65. The molecule has 10 heteroatoms. The molecule has 1 amide bonds. The second-order valence-electron chi connectivity index (χ2n) is 5.69. The number of sulfonamides is 1. The van der Waals surface area contributed by atoms with Gasteiger partial charge in [-0.2, -0.15) is 0 Å². The van der Waals surface area contributed by atoms with Gasteiger partial charge in [-0.1, -0.05) is 0 Å². The Balaban J connectivity index is 1.76. The van der Waals surface area contributed by atoms with E-state index < -0.39 is 45.3 Å². The Kier molecular flexibility index (Phi) is 4.07. The molecular formula is C13H15F2N3O4S. The van der Waals surface area contributed by atoms with Crippen molar-refractivity contribution in [2.24, 2.45) is 5.92 Å². The molecule has 1 saturated heterocycles. The third-order valence-corrected chi connectivity index (χ3v) is 4.76. The van der Waals surface area contributed by atoms with E-state index in [1.165, 1.54) is 0 Å². The van der Waals surface area contributed by atoms with Crippen molar-refractivity contribution in [2.45, 2.75) is 24.6 Å². The first-order chi connectivity index (χ1) is 10.8. The molecular weight excluding hydrogens is 332 g/mol. The maximum Gasteiger partial charge on any atom is 0.273 e. The molecule has 7 nitrogen and oxygen atoms in total. The minimum absolute atomic E-state index is 0.0540. The summed E-state index contributed by atoms with van der Waals surface area (Å²) in [6.45, 7) is 0.465. The van der Waals surface area contributed by atoms with E-state index in [4.69, 9.17) is 4.74 Å². The van der Waals surface area contributed by atoms with Gasteiger partial charge in [0.05, 0.1) is 30.6 Å². The molecule has 126 valence electrons. The molecule has 2 aliphatic rings. The average Bonchev–Trinajstić information content (AvgIpc) is 2.86. The summed E-state index contributed by atoms with van der Waals surface area (Å²) in [4.78, 5) is 15.6. The third-order valence-electron chi connectivity index (χ3n) is 4.06. The molecule has 0 unspecified atom stereocenters. The average molecular weight is 347 g/mol. The Morgan fingerprint density at radius 2 is 2.13 bits per heavy atom. The van der Waals surface area contributed by atoms with Gasteiger partial charge in [-0.15, -0.1) is 0 Å². The Bertz CT molecular complexity index is 743. The van der Waals surface area contributed by atoms with Crippen LogP contribution in [-0.4, -0.2) is 50.4 Å². The Morgan fingerprint density at radius 3 is 2.78 bits per heavy atom. The first kappa shape index (κ1) is 16.2. The maximum absolute atomic E-state index is 13.6. The molecule has 1 aliphatic heterocycles. The number of carbonyl (C=O) groups excluding carboxylic acids is 1. The molecule has 2 heterocycles. The highest BCUT2D eigenvalue weighted by molar-refractivity contribution is 7.88. The number of nitrogens with zero attached hydrogens (tertiary/aromatic N) is 1. The van der Waals surface area contributed by atoms with Gasteiger partial charge in [-0.05, 0) is 6.42 Å². The van der Waals surface area contributed by atoms with Crippen LogP contribution in [0, 0.1) is 17.6 Å². The number of amides is 1. The largest absolute Gasteiger partial charge is 0.376 e. The van der Waals surface area contributed by atoms with Crippen molar-refractivity contribution in [3.05, 3.63) is 29.6 Å². The van der Waals surface area contributed by atoms with Crippen molar-refractivity contribution in [1.82, 2.24) is 15.0 Å². The fourth-order valence-electron chi connectivity index (χ4n) is 3.09. The minimum atomic E-state index is -3.49. The molecule has 1 aromatic rings. The van der Waals surface area contributed by atoms with E-state index >= 15 is 0 Å². The van der Waals surface area contributed by atoms with Gasteiger partial charge in [0, 0.05) is 18.6 Å². The number of rotatable bonds is 4. The number of fused-ring (bicyclic) bond motifs is 1. The molecule has 1 aromatic heterocycles. The van der Waals surface area contributed by atoms with Crippen LogP contribution in [-0.2, 0) is 14.8 Å². The summed E-state index contributed by atoms with van der Waals surface area (Å²) < 4.78 is 57.2. The van der Waals surface area contributed by atoms with Crippen molar-refractivity contribution in [3.63, 3.8) is 0 Å². The summed E-state index contributed by atoms with van der Waals surface area (Å²) in [6.07, 6.45) is 2.10. The zero-order chi connectivity index (χ0) is 16.8. The van der Waals surface area contributed by atoms with Crippen LogP contribution in [0.25, 0.3) is 0 Å². The van der Waals surface area contributed by atoms with E-state index in [1.807, 2.05) is 0 Å². The number of ether oxygens (including phenoxy) is 1. The zero-order valence-corrected chi connectivity index (χ0v) is 12.9. The Morgan fingerprint density at radius 1 is 1.39 bits per heavy atom. The molecule has 23 heavy (non-hydrogen) atoms. The summed E-state index contributed by atoms with van der Waals surface area (Å²) in [7, 11) is -3.49. The number of carbonyl (C=O) groups is 1. The number of hydrogen-bond acceptors (Lipinski definition) is 5. The fraction of sp³-hybridized carbons (Fsp3) is 0.538. The fourth-order valence-corrected chi connectivity index (χ4v) is 3.87. The smallest absolute Gasteiger partial charge is 0.273 e. The van der Waals surface area contributed by atoms with Crippen molar-refractivity contribution >= 4 is 15.9 Å². The second kappa shape index (κ2) is 5.77. The highest BCUT2D eigenvalue weighted by atomic mass is 32.2. The van der Waals surface area contributed by atoms with Gasteiger partial charge >= 0.3 is 0 Å². The predicted octanol–water partition coefficient (Wildman–Crippen LogP) is -0.205. The molecule has 0 aromatic carbocycles. The van der Waals surface area contributed by atoms with Crippen molar-refractivity contribution in [3.8, 4) is 0 Å². The maximum atomic E-state index is 13.6. The van der Waals surface area contributed by atoms with E-state index in [-0.39, 0.29) is 12.0 Å². The highest BCUT2D eigenvalue weighted by Crippen LogP contribution is 2.39. The SMILES string of the molecule is CS(=O)(=O)N[C@H]1[C@H](NC(=O)c2ncc(F)cc2F)[C@@H]2CCO[C@@H]21. The lowest BCUT2D eigenvalue weighted by atomic mass is 9.72. The van der Waals surface area contributed by atoms with Gasteiger partial charge in [-0.25, -0.2) is 26.9 Å². The molecule has 2 N–H and O–H groups in total. The van der Waals surface area contributed by atoms with Crippen LogP contribution in [0.1, 0.15) is 16.9 Å². The van der Waals surface area contributed by atoms with Gasteiger partial charge < -0.3 is 10.1 Å². The lowest BCUT2D eigenvalue weighted by Gasteiger charge is -2.47. The van der Waals surface area contributed by atoms with Crippen LogP contribution in [0.4, 0.5) is 8.78 Å². The van der Waals surface area contributed by atoms with E-state index in [0.717, 1.165) is 12.5 Å². The van der Waals surface area contributed by atoms with Gasteiger partial charge in [0.1, 0.15) is 5.82 Å². The third kappa shape index (κ3) is 3.19. The highest BCUT2D eigenvalue weighted by Gasteiger charge is 2.55. The lowest BCUT2D eigenvalue weighted by Crippen LogP contribution is -2.70. The number of hydrogen-bond donors (Lipinski definition) is 2. The van der Waals surface area contributed by atoms with Crippen LogP contribution in [0.2, 0.25) is 0 Å². The van der Waals surface area contributed by atoms with Crippen LogP contribution < -0.4 is 10.0 Å². The molecule has 0 radical (unpaired) electrons. The van der Waals surface area contributed by atoms with E-state index in [1.54, 1.807) is 0 Å². The molecule has 4 atom stereocenters. The summed E-state index contributed by atoms with van der Waals surface area (Å²) in [5.41, 5.74) is -0.535. The van der Waals surface area contributed by atoms with Crippen LogP contribution in [0.3, 0.4) is 0 Å². The summed E-state index contributed by atoms with van der Waals surface area (Å²) in [5, 5.41) is 2.57. The molecule has 0 bridgehead atoms. The molecule has 1 saturated carbocycles. The number of pyridine rings is 1. The normalized spacial score (nSPS) is 29.7. The van der Waals surface area contributed by atoms with Crippen molar-refractivity contribution < 1.29 is 26.7 Å². The van der Waals surface area contributed by atoms with E-state index in [2.05, 4.69) is 15.0 Å². The quantitative estimate of drug-likeness (QED) is 0.786. The summed E-state index contributed by atoms with van der Waals surface area (Å²) >= 11 is 0. The van der Waals surface area contributed by atoms with Gasteiger partial charge in [0.25, 0.3) is 5.91 Å². The topological polar surface area (TPSA) is 97.4 Å². The monoisotopic (exact) mass is 347 g/mol. The van der Waals surface area contributed by atoms with Gasteiger partial charge in [-0.3, -0.25) is 4.79 Å². The molecule has 2 fully saturated rings. The summed E-state index contributed by atoms with van der Waals surface area (Å²) in [5.74, 6) is -2.84. The van der Waals surface area contributed by atoms with E-state index in [9.17, 15) is 22.0 Å². The van der Waals surface area contributed by atoms with Crippen LogP contribution in [0.15, 0.2) is 12.3 Å². The minimum Gasteiger partial charge on any atom is -0.376 e. The van der Waals surface area contributed by atoms with Gasteiger partial charge in [0.2, 0.25) is 10.0 Å². The predicted molar refractivity (Wildman–Crippen MR) is 75.0 cm³/mol. The van der Waals surface area contributed by atoms with Crippen molar-refractivity contribution in [1.29, 1.82) is 0 Å². The van der Waals surface area contributed by atoms with Crippen LogP contribution in [0.5, 0.6) is 0 Å². The second-order valence-corrected chi connectivity index (χ2v) is 7.47. The lowest BCUT2D eigenvalue weighted by molar-refractivity contribution is -0.0195. The standard InChI is InChI=1S/C13H15F2N3O4S/c1-23(20,21)18-11-9(7-2-3-22-12(7)11)17-13(19)10-8(15)4-6(14)5-16-10/h4-5,7,9,11-12,18H,2-3H2,1H3,(H,17,19)/t7-,9+,11-,12-/m0/s1. The molecule has 3 rings (SSSR count). The first-order valence-corrected chi connectivity index (χ1v) is 8.86. The number of nitrogens with one attached hydrogen (secondary N) is 2. The first-order valence-electron chi connectivity index (χ1n) is 6.97. The number of aromatic nitrogens is 1. The molecule has 0 spiro atoms. The van der Waals surface area contributed by atoms with Crippen LogP contribution >= 0.6 is 0 Å². The Labute approximate surface area is 131 Å². The van der Waals surface area contributed by atoms with Gasteiger partial charge in [0.15, 0.2) is 11.5 Å². The zero-order valence-electron chi connectivity index (χ0n) is 12.1. The van der Waals surface area contributed by atoms with E-state index in [0.29, 0.717) is 19.1 Å².